The molecule has 2 amide bonds. The standard InChI is InChI=1S/C15H17N3O2/c16-13(15(20)18-9-14(17)19)8-11-6-3-5-10-4-1-2-7-12(10)11/h1-7,13H,8-9,16H2,(H2,17,19)(H,18,20)/t13-/m1/s1. The Morgan fingerprint density at radius 2 is 1.80 bits per heavy atom. The van der Waals surface area contributed by atoms with E-state index in [-0.39, 0.29) is 12.5 Å². The van der Waals surface area contributed by atoms with Crippen molar-refractivity contribution < 1.29 is 9.59 Å². The molecule has 0 bridgehead atoms. The first-order valence-corrected chi connectivity index (χ1v) is 6.36. The summed E-state index contributed by atoms with van der Waals surface area (Å²) < 4.78 is 0. The summed E-state index contributed by atoms with van der Waals surface area (Å²) in [7, 11) is 0. The van der Waals surface area contributed by atoms with Gasteiger partial charge in [-0.3, -0.25) is 9.59 Å². The fourth-order valence-electron chi connectivity index (χ4n) is 2.11. The van der Waals surface area contributed by atoms with Crippen LogP contribution >= 0.6 is 0 Å². The minimum atomic E-state index is -0.708. The molecule has 0 spiro atoms. The van der Waals surface area contributed by atoms with Crippen LogP contribution < -0.4 is 16.8 Å². The highest BCUT2D eigenvalue weighted by atomic mass is 16.2. The highest BCUT2D eigenvalue weighted by molar-refractivity contribution is 5.89. The van der Waals surface area contributed by atoms with Crippen LogP contribution in [0.1, 0.15) is 5.56 Å². The fraction of sp³-hybridized carbons (Fsp3) is 0.200. The van der Waals surface area contributed by atoms with Gasteiger partial charge in [-0.15, -0.1) is 0 Å². The Hall–Kier alpha value is -2.40. The summed E-state index contributed by atoms with van der Waals surface area (Å²) in [4.78, 5) is 22.4. The van der Waals surface area contributed by atoms with Crippen molar-refractivity contribution in [2.24, 2.45) is 11.5 Å². The number of hydrogen-bond acceptors (Lipinski definition) is 3. The molecule has 0 saturated heterocycles. The number of hydrogen-bond donors (Lipinski definition) is 3. The largest absolute Gasteiger partial charge is 0.368 e. The van der Waals surface area contributed by atoms with Gasteiger partial charge in [0.2, 0.25) is 11.8 Å². The van der Waals surface area contributed by atoms with E-state index in [1.54, 1.807) is 0 Å². The highest BCUT2D eigenvalue weighted by Gasteiger charge is 2.15. The van der Waals surface area contributed by atoms with Gasteiger partial charge in [0.05, 0.1) is 12.6 Å². The number of primary amides is 1. The maximum absolute atomic E-state index is 11.7. The average Bonchev–Trinajstić information content (AvgIpc) is 2.45. The van der Waals surface area contributed by atoms with Crippen LogP contribution in [0.2, 0.25) is 0 Å². The van der Waals surface area contributed by atoms with Gasteiger partial charge in [-0.05, 0) is 22.8 Å². The van der Waals surface area contributed by atoms with Crippen molar-refractivity contribution in [3.05, 3.63) is 48.0 Å². The van der Waals surface area contributed by atoms with E-state index in [1.807, 2.05) is 42.5 Å². The summed E-state index contributed by atoms with van der Waals surface area (Å²) in [5, 5.41) is 4.59. The van der Waals surface area contributed by atoms with E-state index in [9.17, 15) is 9.59 Å². The number of carbonyl (C=O) groups excluding carboxylic acids is 2. The molecule has 2 aromatic rings. The topological polar surface area (TPSA) is 98.2 Å². The smallest absolute Gasteiger partial charge is 0.237 e. The van der Waals surface area contributed by atoms with Crippen LogP contribution in [0.15, 0.2) is 42.5 Å². The van der Waals surface area contributed by atoms with Gasteiger partial charge in [-0.2, -0.15) is 0 Å². The molecule has 0 saturated carbocycles. The minimum Gasteiger partial charge on any atom is -0.368 e. The van der Waals surface area contributed by atoms with Gasteiger partial charge in [0.25, 0.3) is 0 Å². The van der Waals surface area contributed by atoms with Gasteiger partial charge in [-0.25, -0.2) is 0 Å². The number of rotatable bonds is 5. The van der Waals surface area contributed by atoms with Gasteiger partial charge < -0.3 is 16.8 Å². The van der Waals surface area contributed by atoms with Crippen LogP contribution in [-0.4, -0.2) is 24.4 Å². The van der Waals surface area contributed by atoms with Gasteiger partial charge in [0, 0.05) is 0 Å². The van der Waals surface area contributed by atoms with Crippen molar-refractivity contribution >= 4 is 22.6 Å². The summed E-state index contributed by atoms with van der Waals surface area (Å²) >= 11 is 0. The normalized spacial score (nSPS) is 12.1. The van der Waals surface area contributed by atoms with Gasteiger partial charge in [0.15, 0.2) is 0 Å². The van der Waals surface area contributed by atoms with Crippen molar-refractivity contribution in [1.82, 2.24) is 5.32 Å². The lowest BCUT2D eigenvalue weighted by Gasteiger charge is -2.13. The summed E-state index contributed by atoms with van der Waals surface area (Å²) in [5.74, 6) is -0.965. The molecule has 5 heteroatoms. The average molecular weight is 271 g/mol. The molecule has 0 unspecified atom stereocenters. The van der Waals surface area contributed by atoms with Gasteiger partial charge in [0.1, 0.15) is 0 Å². The zero-order chi connectivity index (χ0) is 14.5. The highest BCUT2D eigenvalue weighted by Crippen LogP contribution is 2.19. The molecular formula is C15H17N3O2. The maximum atomic E-state index is 11.7. The monoisotopic (exact) mass is 271 g/mol. The lowest BCUT2D eigenvalue weighted by Crippen LogP contribution is -2.44. The first-order chi connectivity index (χ1) is 9.58. The van der Waals surface area contributed by atoms with Crippen molar-refractivity contribution in [3.63, 3.8) is 0 Å². The van der Waals surface area contributed by atoms with E-state index in [1.165, 1.54) is 0 Å². The molecule has 0 aliphatic carbocycles. The second-order valence-corrected chi connectivity index (χ2v) is 4.63. The molecule has 0 heterocycles. The number of nitrogens with one attached hydrogen (secondary N) is 1. The van der Waals surface area contributed by atoms with Crippen molar-refractivity contribution in [1.29, 1.82) is 0 Å². The van der Waals surface area contributed by atoms with Crippen LogP contribution in [0, 0.1) is 0 Å². The number of amides is 2. The molecule has 2 rings (SSSR count). The van der Waals surface area contributed by atoms with Crippen LogP contribution in [0.25, 0.3) is 10.8 Å². The lowest BCUT2D eigenvalue weighted by atomic mass is 9.99. The van der Waals surface area contributed by atoms with Gasteiger partial charge in [-0.1, -0.05) is 42.5 Å². The zero-order valence-electron chi connectivity index (χ0n) is 11.0. The van der Waals surface area contributed by atoms with E-state index in [2.05, 4.69) is 5.32 Å². The first-order valence-electron chi connectivity index (χ1n) is 6.36. The minimum absolute atomic E-state index is 0.192. The quantitative estimate of drug-likeness (QED) is 0.730. The van der Waals surface area contributed by atoms with Crippen LogP contribution in [0.3, 0.4) is 0 Å². The third-order valence-corrected chi connectivity index (χ3v) is 3.09. The Morgan fingerprint density at radius 3 is 2.55 bits per heavy atom. The Kier molecular flexibility index (Phi) is 4.32. The number of nitrogens with two attached hydrogens (primary N) is 2. The van der Waals surface area contributed by atoms with Crippen molar-refractivity contribution in [2.75, 3.05) is 6.54 Å². The van der Waals surface area contributed by atoms with E-state index in [0.717, 1.165) is 16.3 Å². The van der Waals surface area contributed by atoms with E-state index in [0.29, 0.717) is 6.42 Å². The lowest BCUT2D eigenvalue weighted by molar-refractivity contribution is -0.125. The molecule has 20 heavy (non-hydrogen) atoms. The van der Waals surface area contributed by atoms with Crippen LogP contribution in [0.4, 0.5) is 0 Å². The second kappa shape index (κ2) is 6.16. The number of benzene rings is 2. The van der Waals surface area contributed by atoms with Crippen molar-refractivity contribution in [3.8, 4) is 0 Å². The predicted octanol–water partition coefficient (Wildman–Crippen LogP) is 0.311. The Balaban J connectivity index is 2.11. The zero-order valence-corrected chi connectivity index (χ0v) is 11.0. The molecule has 0 aliphatic rings. The number of fused-ring (bicyclic) bond motifs is 1. The second-order valence-electron chi connectivity index (χ2n) is 4.63. The molecular weight excluding hydrogens is 254 g/mol. The molecule has 1 atom stereocenters. The van der Waals surface area contributed by atoms with E-state index < -0.39 is 11.9 Å². The molecule has 0 fully saturated rings. The number of carbonyl (C=O) groups is 2. The third-order valence-electron chi connectivity index (χ3n) is 3.09. The van der Waals surface area contributed by atoms with Crippen LogP contribution in [0.5, 0.6) is 0 Å². The maximum Gasteiger partial charge on any atom is 0.237 e. The molecule has 5 N–H and O–H groups in total. The fourth-order valence-corrected chi connectivity index (χ4v) is 2.11. The SMILES string of the molecule is NC(=O)CNC(=O)[C@H](N)Cc1cccc2ccccc12. The van der Waals surface area contributed by atoms with Gasteiger partial charge >= 0.3 is 0 Å². The van der Waals surface area contributed by atoms with Crippen LogP contribution in [-0.2, 0) is 16.0 Å². The molecule has 2 aromatic carbocycles. The molecule has 0 aromatic heterocycles. The molecule has 0 aliphatic heterocycles. The van der Waals surface area contributed by atoms with Crippen molar-refractivity contribution in [2.45, 2.75) is 12.5 Å². The molecule has 104 valence electrons. The Bertz CT molecular complexity index is 635. The summed E-state index contributed by atoms with van der Waals surface area (Å²) in [5.41, 5.74) is 11.8. The molecule has 5 nitrogen and oxygen atoms in total. The summed E-state index contributed by atoms with van der Waals surface area (Å²) in [6.07, 6.45) is 0.409. The van der Waals surface area contributed by atoms with E-state index in [4.69, 9.17) is 11.5 Å². The predicted molar refractivity (Wildman–Crippen MR) is 77.8 cm³/mol. The van der Waals surface area contributed by atoms with E-state index >= 15 is 0 Å². The molecule has 0 radical (unpaired) electrons. The summed E-state index contributed by atoms with van der Waals surface area (Å²) in [6.45, 7) is -0.192. The first kappa shape index (κ1) is 14.0. The Labute approximate surface area is 116 Å². The summed E-state index contributed by atoms with van der Waals surface area (Å²) in [6, 6.07) is 13.1. The Morgan fingerprint density at radius 1 is 1.10 bits per heavy atom. The third kappa shape index (κ3) is 3.33.